The van der Waals surface area contributed by atoms with E-state index in [-0.39, 0.29) is 11.8 Å². The number of anilines is 1. The molecule has 1 fully saturated rings. The van der Waals surface area contributed by atoms with E-state index in [0.29, 0.717) is 24.4 Å². The van der Waals surface area contributed by atoms with E-state index in [2.05, 4.69) is 16.0 Å². The van der Waals surface area contributed by atoms with Crippen LogP contribution in [0.3, 0.4) is 0 Å². The van der Waals surface area contributed by atoms with Crippen LogP contribution in [0.25, 0.3) is 0 Å². The topological polar surface area (TPSA) is 79.5 Å². The first-order valence-electron chi connectivity index (χ1n) is 8.50. The molecule has 24 heavy (non-hydrogen) atoms. The number of piperidine rings is 1. The van der Waals surface area contributed by atoms with Gasteiger partial charge in [-0.25, -0.2) is 0 Å². The van der Waals surface area contributed by atoms with Crippen LogP contribution in [0.4, 0.5) is 5.69 Å². The first-order chi connectivity index (χ1) is 11.6. The van der Waals surface area contributed by atoms with Gasteiger partial charge in [-0.05, 0) is 50.6 Å². The molecule has 0 aliphatic carbocycles. The summed E-state index contributed by atoms with van der Waals surface area (Å²) in [6.45, 7) is 4.65. The number of benzene rings is 1. The lowest BCUT2D eigenvalue weighted by Gasteiger charge is -2.35. The first kappa shape index (κ1) is 18.4. The van der Waals surface area contributed by atoms with E-state index in [0.717, 1.165) is 32.4 Å². The van der Waals surface area contributed by atoms with Gasteiger partial charge in [0.15, 0.2) is 0 Å². The smallest absolute Gasteiger partial charge is 0.251 e. The Bertz CT molecular complexity index is 563. The molecule has 1 aromatic carbocycles. The second-order valence-corrected chi connectivity index (χ2v) is 6.25. The molecular formula is C18H27N3O3. The monoisotopic (exact) mass is 333 g/mol. The van der Waals surface area contributed by atoms with Crippen molar-refractivity contribution >= 4 is 17.5 Å². The lowest BCUT2D eigenvalue weighted by atomic mass is 9.78. The molecule has 0 aromatic heterocycles. The van der Waals surface area contributed by atoms with Gasteiger partial charge in [-0.2, -0.15) is 0 Å². The van der Waals surface area contributed by atoms with Crippen LogP contribution in [-0.4, -0.2) is 45.2 Å². The van der Waals surface area contributed by atoms with Crippen molar-refractivity contribution in [1.82, 2.24) is 10.6 Å². The van der Waals surface area contributed by atoms with Crippen molar-refractivity contribution in [1.29, 1.82) is 0 Å². The fraction of sp³-hybridized carbons (Fsp3) is 0.556. The Morgan fingerprint density at radius 3 is 2.71 bits per heavy atom. The zero-order valence-corrected chi connectivity index (χ0v) is 14.5. The largest absolute Gasteiger partial charge is 0.384 e. The van der Waals surface area contributed by atoms with Crippen LogP contribution in [0.1, 0.15) is 36.5 Å². The minimum Gasteiger partial charge on any atom is -0.384 e. The highest BCUT2D eigenvalue weighted by Gasteiger charge is 2.39. The molecule has 1 heterocycles. The van der Waals surface area contributed by atoms with E-state index in [1.165, 1.54) is 0 Å². The average molecular weight is 333 g/mol. The second-order valence-electron chi connectivity index (χ2n) is 6.25. The van der Waals surface area contributed by atoms with Gasteiger partial charge in [0.1, 0.15) is 0 Å². The molecule has 0 radical (unpaired) electrons. The van der Waals surface area contributed by atoms with E-state index in [4.69, 9.17) is 4.74 Å². The van der Waals surface area contributed by atoms with Gasteiger partial charge in [-0.3, -0.25) is 9.59 Å². The summed E-state index contributed by atoms with van der Waals surface area (Å²) in [5.41, 5.74) is 0.672. The molecule has 1 aromatic rings. The molecule has 0 atom stereocenters. The summed E-state index contributed by atoms with van der Waals surface area (Å²) in [4.78, 5) is 24.9. The number of methoxy groups -OCH3 is 1. The molecule has 0 spiro atoms. The normalized spacial score (nSPS) is 16.4. The summed E-state index contributed by atoms with van der Waals surface area (Å²) >= 11 is 0. The highest BCUT2D eigenvalue weighted by Crippen LogP contribution is 2.31. The standard InChI is InChI=1S/C18H27N3O3/c1-3-9-20-16(22)14-5-4-6-15(12-14)21-17(23)18(13-24-2)7-10-19-11-8-18/h4-6,12,19H,3,7-11,13H2,1-2H3,(H,20,22)(H,21,23). The molecule has 3 N–H and O–H groups in total. The number of rotatable bonds is 7. The van der Waals surface area contributed by atoms with Crippen LogP contribution in [-0.2, 0) is 9.53 Å². The van der Waals surface area contributed by atoms with Crippen molar-refractivity contribution in [2.75, 3.05) is 38.7 Å². The van der Waals surface area contributed by atoms with Crippen LogP contribution in [0.5, 0.6) is 0 Å². The molecule has 0 bridgehead atoms. The minimum atomic E-state index is -0.513. The van der Waals surface area contributed by atoms with Crippen molar-refractivity contribution < 1.29 is 14.3 Å². The number of ether oxygens (including phenoxy) is 1. The average Bonchev–Trinajstić information content (AvgIpc) is 2.61. The predicted octanol–water partition coefficient (Wildman–Crippen LogP) is 1.78. The molecular weight excluding hydrogens is 306 g/mol. The van der Waals surface area contributed by atoms with Crippen molar-refractivity contribution in [2.24, 2.45) is 5.41 Å². The van der Waals surface area contributed by atoms with E-state index >= 15 is 0 Å². The molecule has 2 rings (SSSR count). The van der Waals surface area contributed by atoms with Gasteiger partial charge in [0, 0.05) is 24.9 Å². The lowest BCUT2D eigenvalue weighted by molar-refractivity contribution is -0.130. The maximum atomic E-state index is 12.8. The summed E-state index contributed by atoms with van der Waals surface area (Å²) in [6, 6.07) is 7.04. The third-order valence-electron chi connectivity index (χ3n) is 4.38. The number of nitrogens with one attached hydrogen (secondary N) is 3. The number of carbonyl (C=O) groups excluding carboxylic acids is 2. The number of hydrogen-bond donors (Lipinski definition) is 3. The Kier molecular flexibility index (Phi) is 6.75. The molecule has 1 aliphatic rings. The molecule has 0 unspecified atom stereocenters. The molecule has 2 amide bonds. The maximum Gasteiger partial charge on any atom is 0.251 e. The van der Waals surface area contributed by atoms with Crippen molar-refractivity contribution in [3.05, 3.63) is 29.8 Å². The third kappa shape index (κ3) is 4.55. The number of hydrogen-bond acceptors (Lipinski definition) is 4. The third-order valence-corrected chi connectivity index (χ3v) is 4.38. The lowest BCUT2D eigenvalue weighted by Crippen LogP contribution is -2.47. The fourth-order valence-corrected chi connectivity index (χ4v) is 2.96. The zero-order chi connectivity index (χ0) is 17.4. The maximum absolute atomic E-state index is 12.8. The van der Waals surface area contributed by atoms with Gasteiger partial charge in [0.2, 0.25) is 5.91 Å². The van der Waals surface area contributed by atoms with Gasteiger partial charge in [0.05, 0.1) is 12.0 Å². The van der Waals surface area contributed by atoms with Gasteiger partial charge in [-0.1, -0.05) is 13.0 Å². The Hall–Kier alpha value is -1.92. The summed E-state index contributed by atoms with van der Waals surface area (Å²) in [5, 5.41) is 9.07. The number of carbonyl (C=O) groups is 2. The Balaban J connectivity index is 2.08. The molecule has 6 heteroatoms. The van der Waals surface area contributed by atoms with Crippen molar-refractivity contribution in [3.8, 4) is 0 Å². The van der Waals surface area contributed by atoms with Crippen LogP contribution in [0.15, 0.2) is 24.3 Å². The van der Waals surface area contributed by atoms with E-state index in [9.17, 15) is 9.59 Å². The van der Waals surface area contributed by atoms with E-state index in [1.807, 2.05) is 6.92 Å². The van der Waals surface area contributed by atoms with Crippen LogP contribution < -0.4 is 16.0 Å². The summed E-state index contributed by atoms with van der Waals surface area (Å²) < 4.78 is 5.30. The SMILES string of the molecule is CCCNC(=O)c1cccc(NC(=O)C2(COC)CCNCC2)c1. The van der Waals surface area contributed by atoms with Crippen molar-refractivity contribution in [2.45, 2.75) is 26.2 Å². The first-order valence-corrected chi connectivity index (χ1v) is 8.50. The highest BCUT2D eigenvalue weighted by molar-refractivity contribution is 5.98. The van der Waals surface area contributed by atoms with Crippen LogP contribution in [0.2, 0.25) is 0 Å². The second kappa shape index (κ2) is 8.80. The predicted molar refractivity (Wildman–Crippen MR) is 94.1 cm³/mol. The summed E-state index contributed by atoms with van der Waals surface area (Å²) in [6.07, 6.45) is 2.36. The van der Waals surface area contributed by atoms with Gasteiger partial charge < -0.3 is 20.7 Å². The number of amides is 2. The fourth-order valence-electron chi connectivity index (χ4n) is 2.96. The quantitative estimate of drug-likeness (QED) is 0.711. The summed E-state index contributed by atoms with van der Waals surface area (Å²) in [7, 11) is 1.62. The Morgan fingerprint density at radius 2 is 2.04 bits per heavy atom. The summed E-state index contributed by atoms with van der Waals surface area (Å²) in [5.74, 6) is -0.168. The van der Waals surface area contributed by atoms with Crippen LogP contribution in [0, 0.1) is 5.41 Å². The van der Waals surface area contributed by atoms with E-state index < -0.39 is 5.41 Å². The van der Waals surface area contributed by atoms with Gasteiger partial charge in [0.25, 0.3) is 5.91 Å². The molecule has 1 saturated heterocycles. The van der Waals surface area contributed by atoms with Gasteiger partial charge in [-0.15, -0.1) is 0 Å². The minimum absolute atomic E-state index is 0.0445. The van der Waals surface area contributed by atoms with Crippen LogP contribution >= 0.6 is 0 Å². The molecule has 132 valence electrons. The Morgan fingerprint density at radius 1 is 1.29 bits per heavy atom. The van der Waals surface area contributed by atoms with Crippen molar-refractivity contribution in [3.63, 3.8) is 0 Å². The highest BCUT2D eigenvalue weighted by atomic mass is 16.5. The Labute approximate surface area is 143 Å². The zero-order valence-electron chi connectivity index (χ0n) is 14.5. The molecule has 6 nitrogen and oxygen atoms in total. The molecule has 0 saturated carbocycles. The van der Waals surface area contributed by atoms with E-state index in [1.54, 1.807) is 31.4 Å². The van der Waals surface area contributed by atoms with Gasteiger partial charge >= 0.3 is 0 Å². The molecule has 1 aliphatic heterocycles.